The fraction of sp³-hybridized carbons (Fsp3) is 0.727. The van der Waals surface area contributed by atoms with Gasteiger partial charge in [-0.3, -0.25) is 0 Å². The highest BCUT2D eigenvalue weighted by atomic mass is 16.5. The standard InChI is InChI=1S/C11H20O2/c1-6-10(5)13-11(12)9(4)7-8(2)3/h8,10H,4,6-7H2,1-3,5H3. The molecule has 0 saturated heterocycles. The van der Waals surface area contributed by atoms with Gasteiger partial charge in [-0.1, -0.05) is 27.4 Å². The van der Waals surface area contributed by atoms with E-state index in [0.29, 0.717) is 11.5 Å². The quantitative estimate of drug-likeness (QED) is 0.485. The summed E-state index contributed by atoms with van der Waals surface area (Å²) in [4.78, 5) is 11.3. The van der Waals surface area contributed by atoms with Crippen LogP contribution in [0.4, 0.5) is 0 Å². The second-order valence-electron chi connectivity index (χ2n) is 3.83. The van der Waals surface area contributed by atoms with Crippen LogP contribution in [-0.4, -0.2) is 12.1 Å². The molecule has 0 bridgehead atoms. The summed E-state index contributed by atoms with van der Waals surface area (Å²) in [7, 11) is 0. The van der Waals surface area contributed by atoms with Crippen LogP contribution in [0, 0.1) is 5.92 Å². The van der Waals surface area contributed by atoms with Crippen LogP contribution in [0.3, 0.4) is 0 Å². The molecule has 2 nitrogen and oxygen atoms in total. The topological polar surface area (TPSA) is 26.3 Å². The molecule has 0 heterocycles. The van der Waals surface area contributed by atoms with Crippen molar-refractivity contribution in [2.45, 2.75) is 46.6 Å². The van der Waals surface area contributed by atoms with Crippen LogP contribution in [0.25, 0.3) is 0 Å². The third-order valence-electron chi connectivity index (χ3n) is 1.83. The van der Waals surface area contributed by atoms with Gasteiger partial charge in [0.1, 0.15) is 0 Å². The van der Waals surface area contributed by atoms with E-state index >= 15 is 0 Å². The first kappa shape index (κ1) is 12.2. The first-order chi connectivity index (χ1) is 5.97. The molecule has 0 aliphatic carbocycles. The lowest BCUT2D eigenvalue weighted by Gasteiger charge is -2.13. The Morgan fingerprint density at radius 3 is 2.31 bits per heavy atom. The van der Waals surface area contributed by atoms with Crippen molar-refractivity contribution >= 4 is 5.97 Å². The Morgan fingerprint density at radius 2 is 1.92 bits per heavy atom. The van der Waals surface area contributed by atoms with Gasteiger partial charge in [0.15, 0.2) is 0 Å². The molecular weight excluding hydrogens is 164 g/mol. The van der Waals surface area contributed by atoms with Crippen LogP contribution >= 0.6 is 0 Å². The van der Waals surface area contributed by atoms with Crippen LogP contribution < -0.4 is 0 Å². The van der Waals surface area contributed by atoms with Crippen LogP contribution in [0.2, 0.25) is 0 Å². The fourth-order valence-corrected chi connectivity index (χ4v) is 0.926. The van der Waals surface area contributed by atoms with Crippen molar-refractivity contribution in [1.29, 1.82) is 0 Å². The molecule has 0 aliphatic heterocycles. The zero-order valence-electron chi connectivity index (χ0n) is 9.09. The van der Waals surface area contributed by atoms with E-state index in [-0.39, 0.29) is 12.1 Å². The molecule has 2 heteroatoms. The van der Waals surface area contributed by atoms with Gasteiger partial charge in [0.05, 0.1) is 6.10 Å². The van der Waals surface area contributed by atoms with Crippen molar-refractivity contribution in [3.63, 3.8) is 0 Å². The number of hydrogen-bond acceptors (Lipinski definition) is 2. The van der Waals surface area contributed by atoms with Gasteiger partial charge in [-0.05, 0) is 25.7 Å². The van der Waals surface area contributed by atoms with Crippen LogP contribution in [0.5, 0.6) is 0 Å². The number of carbonyl (C=O) groups excluding carboxylic acids is 1. The molecule has 0 aromatic rings. The second-order valence-corrected chi connectivity index (χ2v) is 3.83. The van der Waals surface area contributed by atoms with E-state index in [4.69, 9.17) is 4.74 Å². The maximum atomic E-state index is 11.3. The van der Waals surface area contributed by atoms with Gasteiger partial charge in [0.2, 0.25) is 0 Å². The highest BCUT2D eigenvalue weighted by molar-refractivity contribution is 5.87. The summed E-state index contributed by atoms with van der Waals surface area (Å²) in [6, 6.07) is 0. The van der Waals surface area contributed by atoms with Gasteiger partial charge in [-0.2, -0.15) is 0 Å². The number of carbonyl (C=O) groups is 1. The van der Waals surface area contributed by atoms with E-state index < -0.39 is 0 Å². The van der Waals surface area contributed by atoms with E-state index in [0.717, 1.165) is 12.8 Å². The molecule has 76 valence electrons. The summed E-state index contributed by atoms with van der Waals surface area (Å²) in [5.41, 5.74) is 0.579. The summed E-state index contributed by atoms with van der Waals surface area (Å²) >= 11 is 0. The molecule has 0 aromatic carbocycles. The lowest BCUT2D eigenvalue weighted by molar-refractivity contribution is -0.143. The first-order valence-electron chi connectivity index (χ1n) is 4.86. The van der Waals surface area contributed by atoms with Crippen molar-refractivity contribution in [3.05, 3.63) is 12.2 Å². The third kappa shape index (κ3) is 5.45. The second kappa shape index (κ2) is 5.79. The maximum Gasteiger partial charge on any atom is 0.333 e. The number of esters is 1. The zero-order chi connectivity index (χ0) is 10.4. The molecular formula is C11H20O2. The predicted octanol–water partition coefficient (Wildman–Crippen LogP) is 2.93. The van der Waals surface area contributed by atoms with Crippen LogP contribution in [0.1, 0.15) is 40.5 Å². The lowest BCUT2D eigenvalue weighted by Crippen LogP contribution is -2.16. The minimum Gasteiger partial charge on any atom is -0.459 e. The Balaban J connectivity index is 3.90. The molecule has 1 atom stereocenters. The molecule has 0 N–H and O–H groups in total. The van der Waals surface area contributed by atoms with Gasteiger partial charge in [-0.15, -0.1) is 0 Å². The first-order valence-corrected chi connectivity index (χ1v) is 4.86. The van der Waals surface area contributed by atoms with Crippen molar-refractivity contribution < 1.29 is 9.53 Å². The molecule has 1 unspecified atom stereocenters. The highest BCUT2D eigenvalue weighted by Gasteiger charge is 2.12. The smallest absolute Gasteiger partial charge is 0.333 e. The normalized spacial score (nSPS) is 12.7. The van der Waals surface area contributed by atoms with Crippen molar-refractivity contribution in [1.82, 2.24) is 0 Å². The van der Waals surface area contributed by atoms with Crippen molar-refractivity contribution in [2.24, 2.45) is 5.92 Å². The average Bonchev–Trinajstić information content (AvgIpc) is 2.02. The van der Waals surface area contributed by atoms with E-state index in [9.17, 15) is 4.79 Å². The minimum absolute atomic E-state index is 0.00332. The summed E-state index contributed by atoms with van der Waals surface area (Å²) < 4.78 is 5.12. The maximum absolute atomic E-state index is 11.3. The fourth-order valence-electron chi connectivity index (χ4n) is 0.926. The SMILES string of the molecule is C=C(CC(C)C)C(=O)OC(C)CC. The third-order valence-corrected chi connectivity index (χ3v) is 1.83. The molecule has 0 amide bonds. The molecule has 0 aromatic heterocycles. The molecule has 0 saturated carbocycles. The largest absolute Gasteiger partial charge is 0.459 e. The molecule has 0 spiro atoms. The Labute approximate surface area is 81.0 Å². The summed E-state index contributed by atoms with van der Waals surface area (Å²) in [5, 5.41) is 0. The molecule has 0 aliphatic rings. The minimum atomic E-state index is -0.247. The number of ether oxygens (including phenoxy) is 1. The molecule has 13 heavy (non-hydrogen) atoms. The van der Waals surface area contributed by atoms with E-state index in [2.05, 4.69) is 20.4 Å². The zero-order valence-corrected chi connectivity index (χ0v) is 9.09. The van der Waals surface area contributed by atoms with Gasteiger partial charge in [-0.25, -0.2) is 4.79 Å². The lowest BCUT2D eigenvalue weighted by atomic mass is 10.0. The number of rotatable bonds is 5. The van der Waals surface area contributed by atoms with Crippen LogP contribution in [0.15, 0.2) is 12.2 Å². The summed E-state index contributed by atoms with van der Waals surface area (Å²) in [6.07, 6.45) is 1.56. The Morgan fingerprint density at radius 1 is 1.38 bits per heavy atom. The van der Waals surface area contributed by atoms with Gasteiger partial charge >= 0.3 is 5.97 Å². The van der Waals surface area contributed by atoms with E-state index in [1.807, 2.05) is 13.8 Å². The van der Waals surface area contributed by atoms with Crippen LogP contribution in [-0.2, 0) is 9.53 Å². The number of hydrogen-bond donors (Lipinski definition) is 0. The van der Waals surface area contributed by atoms with Gasteiger partial charge in [0, 0.05) is 5.57 Å². The highest BCUT2D eigenvalue weighted by Crippen LogP contribution is 2.11. The monoisotopic (exact) mass is 184 g/mol. The Kier molecular flexibility index (Phi) is 5.44. The Hall–Kier alpha value is -0.790. The van der Waals surface area contributed by atoms with Crippen molar-refractivity contribution in [3.8, 4) is 0 Å². The van der Waals surface area contributed by atoms with E-state index in [1.165, 1.54) is 0 Å². The Bertz CT molecular complexity index is 183. The molecule has 0 radical (unpaired) electrons. The molecule has 0 rings (SSSR count). The van der Waals surface area contributed by atoms with Crippen molar-refractivity contribution in [2.75, 3.05) is 0 Å². The predicted molar refractivity (Wildman–Crippen MR) is 54.4 cm³/mol. The van der Waals surface area contributed by atoms with Gasteiger partial charge in [0.25, 0.3) is 0 Å². The summed E-state index contributed by atoms with van der Waals surface area (Å²) in [6.45, 7) is 11.7. The molecule has 0 fully saturated rings. The van der Waals surface area contributed by atoms with Gasteiger partial charge < -0.3 is 4.74 Å². The average molecular weight is 184 g/mol. The summed E-state index contributed by atoms with van der Waals surface area (Å²) in [5.74, 6) is 0.208. The van der Waals surface area contributed by atoms with E-state index in [1.54, 1.807) is 0 Å².